The summed E-state index contributed by atoms with van der Waals surface area (Å²) in [5.41, 5.74) is 2.41. The highest BCUT2D eigenvalue weighted by Gasteiger charge is 2.27. The van der Waals surface area contributed by atoms with Crippen molar-refractivity contribution < 1.29 is 21.8 Å². The van der Waals surface area contributed by atoms with Crippen LogP contribution in [0.4, 0.5) is 5.69 Å². The van der Waals surface area contributed by atoms with Gasteiger partial charge in [0.15, 0.2) is 0 Å². The maximum Gasteiger partial charge on any atom is 0.339 e. The molecule has 0 atom stereocenters. The lowest BCUT2D eigenvalue weighted by molar-refractivity contribution is 0.103. The molecule has 0 spiro atoms. The zero-order valence-electron chi connectivity index (χ0n) is 15.4. The molecule has 146 valence electrons. The van der Waals surface area contributed by atoms with Gasteiger partial charge in [0.25, 0.3) is 5.91 Å². The smallest absolute Gasteiger partial charge is 0.339 e. The van der Waals surface area contributed by atoms with Crippen LogP contribution in [0.1, 0.15) is 10.4 Å². The predicted molar refractivity (Wildman–Crippen MR) is 113 cm³/mol. The molecule has 1 aliphatic rings. The van der Waals surface area contributed by atoms with Crippen molar-refractivity contribution in [3.63, 3.8) is 0 Å². The first kappa shape index (κ1) is 17.1. The maximum atomic E-state index is 13.1. The second-order valence-electron chi connectivity index (χ2n) is 7.09. The SMILES string of the molecule is O=C1Nc2ccc(S(=O)(=O)Oc3ccc4oc5ccccc5c4c3)c3cccc1c23. The number of fused-ring (bicyclic) bond motifs is 3. The minimum atomic E-state index is -4.14. The molecule has 0 aliphatic carbocycles. The van der Waals surface area contributed by atoms with Crippen molar-refractivity contribution in [3.05, 3.63) is 78.4 Å². The Labute approximate surface area is 170 Å². The molecule has 1 N–H and O–H groups in total. The summed E-state index contributed by atoms with van der Waals surface area (Å²) in [4.78, 5) is 12.1. The highest BCUT2D eigenvalue weighted by atomic mass is 32.2. The van der Waals surface area contributed by atoms with Gasteiger partial charge in [-0.05, 0) is 42.5 Å². The highest BCUT2D eigenvalue weighted by Crippen LogP contribution is 2.38. The largest absolute Gasteiger partial charge is 0.456 e. The van der Waals surface area contributed by atoms with Crippen molar-refractivity contribution in [1.82, 2.24) is 0 Å². The van der Waals surface area contributed by atoms with Crippen LogP contribution in [0, 0.1) is 0 Å². The molecule has 1 aliphatic heterocycles. The lowest BCUT2D eigenvalue weighted by atomic mass is 10.1. The number of benzene rings is 4. The maximum absolute atomic E-state index is 13.1. The Bertz CT molecular complexity index is 1630. The van der Waals surface area contributed by atoms with Gasteiger partial charge in [-0.3, -0.25) is 4.79 Å². The van der Waals surface area contributed by atoms with Crippen molar-refractivity contribution >= 4 is 54.4 Å². The number of nitrogens with one attached hydrogen (secondary N) is 1. The summed E-state index contributed by atoms with van der Waals surface area (Å²) in [5.74, 6) is -0.0603. The molecule has 5 aromatic rings. The molecule has 0 fully saturated rings. The Hall–Kier alpha value is -3.84. The third kappa shape index (κ3) is 2.36. The average molecular weight is 415 g/mol. The third-order valence-corrected chi connectivity index (χ3v) is 6.62. The van der Waals surface area contributed by atoms with E-state index in [0.29, 0.717) is 27.6 Å². The summed E-state index contributed by atoms with van der Waals surface area (Å²) in [6.07, 6.45) is 0. The van der Waals surface area contributed by atoms with Crippen LogP contribution in [0.2, 0.25) is 0 Å². The zero-order chi connectivity index (χ0) is 20.5. The van der Waals surface area contributed by atoms with Gasteiger partial charge in [0, 0.05) is 32.8 Å². The fourth-order valence-electron chi connectivity index (χ4n) is 4.01. The molecule has 7 heteroatoms. The van der Waals surface area contributed by atoms with E-state index in [1.165, 1.54) is 6.07 Å². The molecule has 6 nitrogen and oxygen atoms in total. The minimum absolute atomic E-state index is 0.0109. The number of para-hydroxylation sites is 1. The van der Waals surface area contributed by atoms with Crippen LogP contribution in [0.5, 0.6) is 5.75 Å². The monoisotopic (exact) mass is 415 g/mol. The number of hydrogen-bond acceptors (Lipinski definition) is 5. The fourth-order valence-corrected chi connectivity index (χ4v) is 5.13. The van der Waals surface area contributed by atoms with E-state index in [9.17, 15) is 13.2 Å². The van der Waals surface area contributed by atoms with Gasteiger partial charge in [-0.2, -0.15) is 8.42 Å². The topological polar surface area (TPSA) is 85.6 Å². The number of rotatable bonds is 3. The van der Waals surface area contributed by atoms with Crippen LogP contribution < -0.4 is 9.50 Å². The molecule has 4 aromatic carbocycles. The molecule has 0 saturated carbocycles. The van der Waals surface area contributed by atoms with Crippen molar-refractivity contribution in [1.29, 1.82) is 0 Å². The summed E-state index contributed by atoms with van der Waals surface area (Å²) in [5, 5.41) is 5.43. The summed E-state index contributed by atoms with van der Waals surface area (Å²) < 4.78 is 37.5. The molecule has 0 radical (unpaired) electrons. The van der Waals surface area contributed by atoms with Crippen molar-refractivity contribution in [2.45, 2.75) is 4.90 Å². The Kier molecular flexibility index (Phi) is 3.32. The molecule has 30 heavy (non-hydrogen) atoms. The van der Waals surface area contributed by atoms with Gasteiger partial charge in [-0.15, -0.1) is 0 Å². The Morgan fingerprint density at radius 2 is 1.60 bits per heavy atom. The first-order valence-corrected chi connectivity index (χ1v) is 10.6. The molecule has 0 unspecified atom stereocenters. The molecule has 1 aromatic heterocycles. The van der Waals surface area contributed by atoms with Crippen LogP contribution >= 0.6 is 0 Å². The Balaban J connectivity index is 1.48. The lowest BCUT2D eigenvalue weighted by Gasteiger charge is -2.10. The Morgan fingerprint density at radius 3 is 2.50 bits per heavy atom. The number of carbonyl (C=O) groups is 1. The van der Waals surface area contributed by atoms with E-state index >= 15 is 0 Å². The third-order valence-electron chi connectivity index (χ3n) is 5.32. The van der Waals surface area contributed by atoms with E-state index in [-0.39, 0.29) is 16.6 Å². The minimum Gasteiger partial charge on any atom is -0.456 e. The highest BCUT2D eigenvalue weighted by molar-refractivity contribution is 7.87. The Morgan fingerprint density at radius 1 is 0.800 bits per heavy atom. The second kappa shape index (κ2) is 5.84. The van der Waals surface area contributed by atoms with E-state index < -0.39 is 10.1 Å². The van der Waals surface area contributed by atoms with Gasteiger partial charge in [0.05, 0.1) is 0 Å². The van der Waals surface area contributed by atoms with Gasteiger partial charge >= 0.3 is 10.1 Å². The van der Waals surface area contributed by atoms with Crippen LogP contribution in [0.25, 0.3) is 32.7 Å². The lowest BCUT2D eigenvalue weighted by Crippen LogP contribution is -2.10. The van der Waals surface area contributed by atoms with Crippen molar-refractivity contribution in [3.8, 4) is 5.75 Å². The molecule has 6 rings (SSSR count). The van der Waals surface area contributed by atoms with Gasteiger partial charge < -0.3 is 13.9 Å². The van der Waals surface area contributed by atoms with Gasteiger partial charge in [0.2, 0.25) is 0 Å². The number of carbonyl (C=O) groups excluding carboxylic acids is 1. The average Bonchev–Trinajstić information content (AvgIpc) is 3.26. The number of hydrogen-bond donors (Lipinski definition) is 1. The standard InChI is InChI=1S/C23H13NO5S/c25-23-16-6-3-5-15-21(11-9-18(24-23)22(15)16)30(26,27)29-13-8-10-20-17(12-13)14-4-1-2-7-19(14)28-20/h1-12H,(H,24,25). The quantitative estimate of drug-likeness (QED) is 0.416. The van der Waals surface area contributed by atoms with E-state index in [1.807, 2.05) is 24.3 Å². The molecule has 0 saturated heterocycles. The van der Waals surface area contributed by atoms with Crippen molar-refractivity contribution in [2.24, 2.45) is 0 Å². The fraction of sp³-hybridized carbons (Fsp3) is 0. The van der Waals surface area contributed by atoms with Crippen LogP contribution in [-0.2, 0) is 10.1 Å². The van der Waals surface area contributed by atoms with Crippen LogP contribution in [0.15, 0.2) is 82.1 Å². The predicted octanol–water partition coefficient (Wildman–Crippen LogP) is 5.07. The van der Waals surface area contributed by atoms with E-state index in [2.05, 4.69) is 5.32 Å². The van der Waals surface area contributed by atoms with E-state index in [1.54, 1.807) is 42.5 Å². The van der Waals surface area contributed by atoms with E-state index in [0.717, 1.165) is 16.4 Å². The number of anilines is 1. The molecular formula is C23H13NO5S. The van der Waals surface area contributed by atoms with Gasteiger partial charge in [-0.25, -0.2) is 0 Å². The second-order valence-corrected chi connectivity index (χ2v) is 8.60. The number of amides is 1. The first-order valence-electron chi connectivity index (χ1n) is 9.24. The van der Waals surface area contributed by atoms with Crippen molar-refractivity contribution in [2.75, 3.05) is 5.32 Å². The number of furan rings is 1. The normalized spacial score (nSPS) is 13.3. The van der Waals surface area contributed by atoms with Gasteiger partial charge in [-0.1, -0.05) is 30.3 Å². The molecular weight excluding hydrogens is 402 g/mol. The molecule has 2 heterocycles. The van der Waals surface area contributed by atoms with E-state index in [4.69, 9.17) is 8.60 Å². The van der Waals surface area contributed by atoms with Gasteiger partial charge in [0.1, 0.15) is 21.8 Å². The molecule has 0 bridgehead atoms. The summed E-state index contributed by atoms with van der Waals surface area (Å²) in [6.45, 7) is 0. The van der Waals surface area contributed by atoms with Crippen LogP contribution in [0.3, 0.4) is 0 Å². The molecule has 1 amide bonds. The van der Waals surface area contributed by atoms with Crippen LogP contribution in [-0.4, -0.2) is 14.3 Å². The summed E-state index contributed by atoms with van der Waals surface area (Å²) in [7, 11) is -4.14. The summed E-state index contributed by atoms with van der Waals surface area (Å²) >= 11 is 0. The first-order chi connectivity index (χ1) is 14.5. The zero-order valence-corrected chi connectivity index (χ0v) is 16.2. The summed E-state index contributed by atoms with van der Waals surface area (Å²) in [6, 6.07) is 20.5.